The van der Waals surface area contributed by atoms with Gasteiger partial charge in [0.15, 0.2) is 5.16 Å². The second kappa shape index (κ2) is 6.51. The number of aromatic nitrogens is 2. The maximum atomic E-state index is 14.4. The molecule has 1 fully saturated rings. The molecule has 1 atom stereocenters. The number of cyclic esters (lactones) is 1. The monoisotopic (exact) mass is 334 g/mol. The summed E-state index contributed by atoms with van der Waals surface area (Å²) in [7, 11) is 0. The lowest BCUT2D eigenvalue weighted by Crippen LogP contribution is -2.27. The topological polar surface area (TPSA) is 81.3 Å². The van der Waals surface area contributed by atoms with Crippen molar-refractivity contribution in [2.24, 2.45) is 5.73 Å². The molecule has 1 unspecified atom stereocenters. The van der Waals surface area contributed by atoms with E-state index in [1.165, 1.54) is 22.7 Å². The van der Waals surface area contributed by atoms with Crippen LogP contribution < -0.4 is 10.6 Å². The first-order chi connectivity index (χ1) is 11.1. The van der Waals surface area contributed by atoms with Gasteiger partial charge in [-0.05, 0) is 24.5 Å². The number of thioether (sulfide) groups is 1. The van der Waals surface area contributed by atoms with Crippen molar-refractivity contribution >= 4 is 23.5 Å². The lowest BCUT2D eigenvalue weighted by Gasteiger charge is -2.14. The Kier molecular flexibility index (Phi) is 4.44. The molecule has 2 N–H and O–H groups in total. The highest BCUT2D eigenvalue weighted by molar-refractivity contribution is 7.98. The third-order valence-corrected chi connectivity index (χ3v) is 4.10. The third-order valence-electron chi connectivity index (χ3n) is 3.52. The first-order valence-corrected chi connectivity index (χ1v) is 8.19. The van der Waals surface area contributed by atoms with Crippen LogP contribution in [0.15, 0.2) is 35.7 Å². The van der Waals surface area contributed by atoms with Gasteiger partial charge in [-0.1, -0.05) is 11.8 Å². The summed E-state index contributed by atoms with van der Waals surface area (Å²) in [5, 5.41) is 0.624. The number of nitrogens with zero attached hydrogens (tertiary/aromatic N) is 3. The van der Waals surface area contributed by atoms with E-state index in [0.29, 0.717) is 28.5 Å². The van der Waals surface area contributed by atoms with Gasteiger partial charge in [-0.2, -0.15) is 0 Å². The summed E-state index contributed by atoms with van der Waals surface area (Å²) in [5.41, 5.74) is 6.89. The fourth-order valence-electron chi connectivity index (χ4n) is 2.32. The molecular formula is C15H15FN4O2S. The number of ether oxygens (including phenoxy) is 1. The van der Waals surface area contributed by atoms with E-state index in [1.54, 1.807) is 24.5 Å². The van der Waals surface area contributed by atoms with Gasteiger partial charge in [0.05, 0.1) is 12.2 Å². The Morgan fingerprint density at radius 2 is 2.17 bits per heavy atom. The molecule has 0 bridgehead atoms. The average molecular weight is 334 g/mol. The molecule has 2 heterocycles. The minimum atomic E-state index is -0.514. The largest absolute Gasteiger partial charge is 0.443 e. The number of amides is 1. The summed E-state index contributed by atoms with van der Waals surface area (Å²) in [6.45, 7) is 0.557. The molecule has 23 heavy (non-hydrogen) atoms. The Balaban J connectivity index is 1.87. The average Bonchev–Trinajstić information content (AvgIpc) is 2.96. The van der Waals surface area contributed by atoms with E-state index in [2.05, 4.69) is 9.97 Å². The number of benzene rings is 1. The minimum absolute atomic E-state index is 0.238. The Morgan fingerprint density at radius 3 is 2.74 bits per heavy atom. The van der Waals surface area contributed by atoms with Crippen molar-refractivity contribution in [1.29, 1.82) is 0 Å². The molecule has 1 saturated heterocycles. The number of nitrogens with two attached hydrogens (primary N) is 1. The van der Waals surface area contributed by atoms with Crippen LogP contribution in [0.1, 0.15) is 0 Å². The molecule has 1 aromatic heterocycles. The summed E-state index contributed by atoms with van der Waals surface area (Å²) in [5.74, 6) is -0.452. The molecule has 1 aliphatic rings. The van der Waals surface area contributed by atoms with Crippen LogP contribution in [0.25, 0.3) is 11.1 Å². The maximum absolute atomic E-state index is 14.4. The number of hydrogen-bond donors (Lipinski definition) is 1. The highest BCUT2D eigenvalue weighted by Gasteiger charge is 2.31. The highest BCUT2D eigenvalue weighted by Crippen LogP contribution is 2.28. The molecule has 1 aliphatic heterocycles. The molecule has 2 aromatic rings. The Bertz CT molecular complexity index is 726. The van der Waals surface area contributed by atoms with E-state index < -0.39 is 11.9 Å². The predicted octanol–water partition coefficient (Wildman–Crippen LogP) is 2.29. The van der Waals surface area contributed by atoms with Gasteiger partial charge in [0.1, 0.15) is 11.9 Å². The SMILES string of the molecule is CSc1ncc(-c2ccc(N3CC(CN)OC3=O)cc2F)cn1. The highest BCUT2D eigenvalue weighted by atomic mass is 32.2. The van der Waals surface area contributed by atoms with Crippen molar-refractivity contribution < 1.29 is 13.9 Å². The predicted molar refractivity (Wildman–Crippen MR) is 85.9 cm³/mol. The molecule has 0 spiro atoms. The molecular weight excluding hydrogens is 319 g/mol. The van der Waals surface area contributed by atoms with Crippen LogP contribution in [0.4, 0.5) is 14.9 Å². The quantitative estimate of drug-likeness (QED) is 0.682. The van der Waals surface area contributed by atoms with Gasteiger partial charge < -0.3 is 10.5 Å². The normalized spacial score (nSPS) is 17.4. The van der Waals surface area contributed by atoms with E-state index in [1.807, 2.05) is 6.26 Å². The summed E-state index contributed by atoms with van der Waals surface area (Å²) >= 11 is 1.41. The van der Waals surface area contributed by atoms with Crippen LogP contribution in [-0.2, 0) is 4.74 Å². The van der Waals surface area contributed by atoms with Gasteiger partial charge in [0.2, 0.25) is 0 Å². The van der Waals surface area contributed by atoms with Crippen LogP contribution in [0.2, 0.25) is 0 Å². The molecule has 6 nitrogen and oxygen atoms in total. The van der Waals surface area contributed by atoms with Crippen molar-refractivity contribution in [3.05, 3.63) is 36.4 Å². The third kappa shape index (κ3) is 3.13. The number of rotatable bonds is 4. The number of carbonyl (C=O) groups is 1. The van der Waals surface area contributed by atoms with Crippen molar-refractivity contribution in [1.82, 2.24) is 9.97 Å². The van der Waals surface area contributed by atoms with E-state index >= 15 is 0 Å². The van der Waals surface area contributed by atoms with Crippen LogP contribution in [0.5, 0.6) is 0 Å². The van der Waals surface area contributed by atoms with Crippen molar-refractivity contribution in [3.8, 4) is 11.1 Å². The summed E-state index contributed by atoms with van der Waals surface area (Å²) in [4.78, 5) is 21.4. The zero-order valence-electron chi connectivity index (χ0n) is 12.4. The molecule has 8 heteroatoms. The smallest absolute Gasteiger partial charge is 0.414 e. The standard InChI is InChI=1S/C15H15FN4O2S/c1-23-14-18-6-9(7-19-14)12-3-2-10(4-13(12)16)20-8-11(5-17)22-15(20)21/h2-4,6-7,11H,5,8,17H2,1H3. The molecule has 0 aliphatic carbocycles. The van der Waals surface area contributed by atoms with Crippen LogP contribution in [-0.4, -0.2) is 41.5 Å². The van der Waals surface area contributed by atoms with Crippen LogP contribution in [0, 0.1) is 5.82 Å². The lowest BCUT2D eigenvalue weighted by molar-refractivity contribution is 0.145. The van der Waals surface area contributed by atoms with Crippen molar-refractivity contribution in [2.45, 2.75) is 11.3 Å². The summed E-state index contributed by atoms with van der Waals surface area (Å²) < 4.78 is 19.5. The number of carbonyl (C=O) groups excluding carboxylic acids is 1. The maximum Gasteiger partial charge on any atom is 0.414 e. The zero-order chi connectivity index (χ0) is 16.4. The van der Waals surface area contributed by atoms with E-state index in [4.69, 9.17) is 10.5 Å². The summed E-state index contributed by atoms with van der Waals surface area (Å²) in [6, 6.07) is 4.57. The fourth-order valence-corrected chi connectivity index (χ4v) is 2.64. The second-order valence-corrected chi connectivity index (χ2v) is 5.75. The number of hydrogen-bond acceptors (Lipinski definition) is 6. The van der Waals surface area contributed by atoms with Crippen LogP contribution in [0.3, 0.4) is 0 Å². The Labute approximate surface area is 136 Å². The first-order valence-electron chi connectivity index (χ1n) is 6.96. The van der Waals surface area contributed by atoms with Crippen molar-refractivity contribution in [3.63, 3.8) is 0 Å². The first kappa shape index (κ1) is 15.7. The van der Waals surface area contributed by atoms with E-state index in [9.17, 15) is 9.18 Å². The molecule has 0 radical (unpaired) electrons. The fraction of sp³-hybridized carbons (Fsp3) is 0.267. The van der Waals surface area contributed by atoms with Gasteiger partial charge in [-0.25, -0.2) is 19.2 Å². The van der Waals surface area contributed by atoms with Gasteiger partial charge in [-0.15, -0.1) is 0 Å². The van der Waals surface area contributed by atoms with Gasteiger partial charge in [0.25, 0.3) is 0 Å². The summed E-state index contributed by atoms with van der Waals surface area (Å²) in [6.07, 6.45) is 4.14. The van der Waals surface area contributed by atoms with E-state index in [0.717, 1.165) is 0 Å². The second-order valence-electron chi connectivity index (χ2n) is 4.97. The minimum Gasteiger partial charge on any atom is -0.443 e. The van der Waals surface area contributed by atoms with Gasteiger partial charge in [0, 0.05) is 30.1 Å². The zero-order valence-corrected chi connectivity index (χ0v) is 13.2. The molecule has 1 aromatic carbocycles. The Hall–Kier alpha value is -2.19. The lowest BCUT2D eigenvalue weighted by atomic mass is 10.1. The van der Waals surface area contributed by atoms with E-state index in [-0.39, 0.29) is 12.6 Å². The van der Waals surface area contributed by atoms with Gasteiger partial charge >= 0.3 is 6.09 Å². The molecule has 120 valence electrons. The number of halogens is 1. The molecule has 3 rings (SSSR count). The number of anilines is 1. The van der Waals surface area contributed by atoms with Crippen LogP contribution >= 0.6 is 11.8 Å². The molecule has 1 amide bonds. The van der Waals surface area contributed by atoms with Gasteiger partial charge in [-0.3, -0.25) is 4.90 Å². The van der Waals surface area contributed by atoms with Crippen molar-refractivity contribution in [2.75, 3.05) is 24.2 Å². The molecule has 0 saturated carbocycles. The Morgan fingerprint density at radius 1 is 1.43 bits per heavy atom.